The van der Waals surface area contributed by atoms with Gasteiger partial charge in [-0.3, -0.25) is 14.6 Å². The largest absolute Gasteiger partial charge is 0.481 e. The molecule has 1 aliphatic heterocycles. The first-order valence-electron chi connectivity index (χ1n) is 9.71. The van der Waals surface area contributed by atoms with E-state index in [1.54, 1.807) is 23.1 Å². The normalized spacial score (nSPS) is 18.5. The van der Waals surface area contributed by atoms with Crippen molar-refractivity contribution in [1.29, 1.82) is 0 Å². The molecule has 6 heteroatoms. The van der Waals surface area contributed by atoms with Gasteiger partial charge >= 0.3 is 5.97 Å². The average Bonchev–Trinajstić information content (AvgIpc) is 3.57. The first-order chi connectivity index (χ1) is 14.0. The molecule has 1 aliphatic carbocycles. The van der Waals surface area contributed by atoms with Crippen LogP contribution in [0.4, 0.5) is 4.39 Å². The Morgan fingerprint density at radius 1 is 1.10 bits per heavy atom. The highest BCUT2D eigenvalue weighted by atomic mass is 19.1. The van der Waals surface area contributed by atoms with Crippen molar-refractivity contribution in [3.8, 4) is 0 Å². The molecule has 1 atom stereocenters. The summed E-state index contributed by atoms with van der Waals surface area (Å²) in [6.45, 7) is 0.416. The Bertz CT molecular complexity index is 1160. The number of aliphatic carboxylic acids is 1. The summed E-state index contributed by atoms with van der Waals surface area (Å²) >= 11 is 0. The number of hydrogen-bond acceptors (Lipinski definition) is 3. The Hall–Kier alpha value is -3.28. The summed E-state index contributed by atoms with van der Waals surface area (Å²) in [5.74, 6) is -2.12. The molecule has 3 aromatic rings. The molecule has 0 spiro atoms. The Labute approximate surface area is 166 Å². The second kappa shape index (κ2) is 6.65. The fourth-order valence-corrected chi connectivity index (χ4v) is 4.13. The van der Waals surface area contributed by atoms with Gasteiger partial charge in [-0.15, -0.1) is 0 Å². The lowest BCUT2D eigenvalue weighted by molar-refractivity contribution is -0.139. The van der Waals surface area contributed by atoms with Gasteiger partial charge in [-0.05, 0) is 48.2 Å². The van der Waals surface area contributed by atoms with Crippen LogP contribution in [0.25, 0.3) is 10.9 Å². The molecular weight excluding hydrogens is 371 g/mol. The second-order valence-electron chi connectivity index (χ2n) is 7.81. The minimum Gasteiger partial charge on any atom is -0.481 e. The zero-order valence-corrected chi connectivity index (χ0v) is 15.6. The van der Waals surface area contributed by atoms with Crippen LogP contribution in [-0.4, -0.2) is 33.4 Å². The number of rotatable bonds is 3. The van der Waals surface area contributed by atoms with Gasteiger partial charge in [0.1, 0.15) is 5.82 Å². The average molecular weight is 390 g/mol. The number of carbonyl (C=O) groups excluding carboxylic acids is 1. The highest BCUT2D eigenvalue weighted by Gasteiger charge is 2.34. The van der Waals surface area contributed by atoms with E-state index in [1.807, 2.05) is 18.2 Å². The van der Waals surface area contributed by atoms with Gasteiger partial charge < -0.3 is 10.0 Å². The number of halogens is 1. The van der Waals surface area contributed by atoms with Crippen LogP contribution in [-0.2, 0) is 11.3 Å². The second-order valence-corrected chi connectivity index (χ2v) is 7.81. The molecule has 0 saturated heterocycles. The molecule has 1 N–H and O–H groups in total. The molecule has 1 unspecified atom stereocenters. The van der Waals surface area contributed by atoms with Crippen LogP contribution in [0.5, 0.6) is 0 Å². The summed E-state index contributed by atoms with van der Waals surface area (Å²) in [6.07, 6.45) is 2.07. The Kier molecular flexibility index (Phi) is 4.08. The summed E-state index contributed by atoms with van der Waals surface area (Å²) in [4.78, 5) is 31.5. The first-order valence-corrected chi connectivity index (χ1v) is 9.71. The summed E-state index contributed by atoms with van der Waals surface area (Å²) in [7, 11) is 0. The number of aromatic nitrogens is 1. The predicted molar refractivity (Wildman–Crippen MR) is 105 cm³/mol. The summed E-state index contributed by atoms with van der Waals surface area (Å²) in [5, 5.41) is 10.2. The van der Waals surface area contributed by atoms with Crippen molar-refractivity contribution in [2.75, 3.05) is 6.54 Å². The molecule has 5 rings (SSSR count). The van der Waals surface area contributed by atoms with E-state index in [1.165, 1.54) is 12.1 Å². The van der Waals surface area contributed by atoms with Gasteiger partial charge in [-0.25, -0.2) is 4.39 Å². The molecule has 1 fully saturated rings. The van der Waals surface area contributed by atoms with Crippen LogP contribution in [0.15, 0.2) is 48.5 Å². The third-order valence-corrected chi connectivity index (χ3v) is 5.80. The third-order valence-electron chi connectivity index (χ3n) is 5.80. The smallest absolute Gasteiger partial charge is 0.312 e. The topological polar surface area (TPSA) is 70.5 Å². The van der Waals surface area contributed by atoms with Crippen LogP contribution in [0.1, 0.15) is 51.9 Å². The van der Waals surface area contributed by atoms with Crippen molar-refractivity contribution in [2.24, 2.45) is 0 Å². The molecule has 1 amide bonds. The van der Waals surface area contributed by atoms with E-state index < -0.39 is 17.7 Å². The number of hydrogen-bond donors (Lipinski definition) is 1. The standard InChI is InChI=1S/C23H19FN2O3/c24-15-7-8-20-17(9-15)18(10-21(25-20)13-5-6-13)22(27)26-11-14-3-1-2-4-16(14)19(12-26)23(28)29/h1-4,7-10,13,19H,5-6,11-12H2,(H,28,29). The van der Waals surface area contributed by atoms with Gasteiger partial charge in [0.05, 0.1) is 17.0 Å². The van der Waals surface area contributed by atoms with Gasteiger partial charge in [0, 0.05) is 30.1 Å². The maximum Gasteiger partial charge on any atom is 0.312 e. The summed E-state index contributed by atoms with van der Waals surface area (Å²) in [6, 6.07) is 13.3. The first kappa shape index (κ1) is 17.8. The quantitative estimate of drug-likeness (QED) is 0.732. The zero-order chi connectivity index (χ0) is 20.1. The van der Waals surface area contributed by atoms with Crippen LogP contribution >= 0.6 is 0 Å². The molecule has 146 valence electrons. The lowest BCUT2D eigenvalue weighted by Gasteiger charge is -2.33. The minimum absolute atomic E-state index is 0.0864. The van der Waals surface area contributed by atoms with E-state index in [0.717, 1.165) is 29.7 Å². The molecule has 0 radical (unpaired) electrons. The van der Waals surface area contributed by atoms with Crippen LogP contribution in [0.2, 0.25) is 0 Å². The van der Waals surface area contributed by atoms with Gasteiger partial charge in [-0.1, -0.05) is 24.3 Å². The molecule has 5 nitrogen and oxygen atoms in total. The van der Waals surface area contributed by atoms with Crippen molar-refractivity contribution in [3.05, 3.63) is 76.7 Å². The molecular formula is C23H19FN2O3. The summed E-state index contributed by atoms with van der Waals surface area (Å²) in [5.41, 5.74) is 3.39. The van der Waals surface area contributed by atoms with E-state index in [-0.39, 0.29) is 12.5 Å². The lowest BCUT2D eigenvalue weighted by atomic mass is 9.89. The molecule has 0 bridgehead atoms. The number of nitrogens with zero attached hydrogens (tertiary/aromatic N) is 2. The number of fused-ring (bicyclic) bond motifs is 2. The highest BCUT2D eigenvalue weighted by Crippen LogP contribution is 2.40. The molecule has 1 aromatic heterocycles. The molecule has 1 saturated carbocycles. The molecule has 2 heterocycles. The van der Waals surface area contributed by atoms with E-state index in [2.05, 4.69) is 4.98 Å². The Morgan fingerprint density at radius 3 is 2.66 bits per heavy atom. The number of carbonyl (C=O) groups is 2. The van der Waals surface area contributed by atoms with Crippen molar-refractivity contribution in [1.82, 2.24) is 9.88 Å². The minimum atomic E-state index is -0.959. The maximum atomic E-state index is 13.9. The van der Waals surface area contributed by atoms with E-state index >= 15 is 0 Å². The van der Waals surface area contributed by atoms with Crippen LogP contribution in [0.3, 0.4) is 0 Å². The SMILES string of the molecule is O=C(O)C1CN(C(=O)c2cc(C3CC3)nc3ccc(F)cc23)Cc2ccccc21. The number of carboxylic acid groups (broad SMARTS) is 1. The number of benzene rings is 2. The van der Waals surface area contributed by atoms with E-state index in [4.69, 9.17) is 0 Å². The van der Waals surface area contributed by atoms with Crippen molar-refractivity contribution in [3.63, 3.8) is 0 Å². The van der Waals surface area contributed by atoms with Gasteiger partial charge in [-0.2, -0.15) is 0 Å². The number of amides is 1. The molecule has 2 aromatic carbocycles. The van der Waals surface area contributed by atoms with Gasteiger partial charge in [0.2, 0.25) is 0 Å². The number of pyridine rings is 1. The third kappa shape index (κ3) is 3.14. The van der Waals surface area contributed by atoms with Crippen molar-refractivity contribution >= 4 is 22.8 Å². The highest BCUT2D eigenvalue weighted by molar-refractivity contribution is 6.06. The molecule has 29 heavy (non-hydrogen) atoms. The maximum absolute atomic E-state index is 13.9. The fourth-order valence-electron chi connectivity index (χ4n) is 4.13. The molecule has 2 aliphatic rings. The van der Waals surface area contributed by atoms with Crippen molar-refractivity contribution < 1.29 is 19.1 Å². The Balaban J connectivity index is 1.59. The zero-order valence-electron chi connectivity index (χ0n) is 15.6. The van der Waals surface area contributed by atoms with E-state index in [9.17, 15) is 19.1 Å². The van der Waals surface area contributed by atoms with Gasteiger partial charge in [0.15, 0.2) is 0 Å². The van der Waals surface area contributed by atoms with Crippen LogP contribution < -0.4 is 0 Å². The van der Waals surface area contributed by atoms with Gasteiger partial charge in [0.25, 0.3) is 5.91 Å². The number of carboxylic acids is 1. The van der Waals surface area contributed by atoms with Crippen molar-refractivity contribution in [2.45, 2.75) is 31.2 Å². The van der Waals surface area contributed by atoms with E-state index in [0.29, 0.717) is 28.9 Å². The lowest BCUT2D eigenvalue weighted by Crippen LogP contribution is -2.40. The monoisotopic (exact) mass is 390 g/mol. The Morgan fingerprint density at radius 2 is 1.90 bits per heavy atom. The van der Waals surface area contributed by atoms with Crippen LogP contribution in [0, 0.1) is 5.82 Å². The predicted octanol–water partition coefficient (Wildman–Crippen LogP) is 4.08. The summed E-state index contributed by atoms with van der Waals surface area (Å²) < 4.78 is 13.9. The fraction of sp³-hybridized carbons (Fsp3) is 0.261.